The summed E-state index contributed by atoms with van der Waals surface area (Å²) in [5, 5.41) is 18.9. The molecule has 0 spiro atoms. The molecule has 1 aromatic heterocycles. The van der Waals surface area contributed by atoms with Crippen molar-refractivity contribution in [3.05, 3.63) is 42.1 Å². The first-order valence-corrected chi connectivity index (χ1v) is 7.05. The van der Waals surface area contributed by atoms with E-state index < -0.39 is 5.97 Å². The van der Waals surface area contributed by atoms with Crippen LogP contribution in [-0.4, -0.2) is 47.5 Å². The van der Waals surface area contributed by atoms with E-state index in [9.17, 15) is 15.0 Å². The Morgan fingerprint density at radius 2 is 2.26 bits per heavy atom. The lowest BCUT2D eigenvalue weighted by molar-refractivity contribution is 0.0690. The minimum absolute atomic E-state index is 0.0809. The molecule has 3 rings (SSSR count). The number of rotatable bonds is 4. The standard InChI is InChI=1S/C16H16N2O5/c1-22-11-5-6-14(17-7-11)18-10(8-19)9-23-15-12(16(20)21)3-2-4-13(15)18/h2-7,10,19H,8-9H2,1H3,(H,20,21)/t10-/m0/s1. The normalized spacial score (nSPS) is 16.4. The molecule has 2 N–H and O–H groups in total. The lowest BCUT2D eigenvalue weighted by Crippen LogP contribution is -2.43. The van der Waals surface area contributed by atoms with Crippen LogP contribution in [-0.2, 0) is 0 Å². The van der Waals surface area contributed by atoms with E-state index in [0.717, 1.165) is 0 Å². The number of para-hydroxylation sites is 1. The van der Waals surface area contributed by atoms with Crippen LogP contribution in [0.25, 0.3) is 0 Å². The SMILES string of the molecule is COc1ccc(N2c3cccc(C(=O)O)c3OC[C@@H]2CO)nc1. The van der Waals surface area contributed by atoms with Gasteiger partial charge in [-0.05, 0) is 24.3 Å². The number of carboxylic acids is 1. The highest BCUT2D eigenvalue weighted by Crippen LogP contribution is 2.40. The molecule has 23 heavy (non-hydrogen) atoms. The smallest absolute Gasteiger partial charge is 0.339 e. The Labute approximate surface area is 132 Å². The van der Waals surface area contributed by atoms with Gasteiger partial charge in [-0.15, -0.1) is 0 Å². The molecule has 0 saturated heterocycles. The Balaban J connectivity index is 2.10. The monoisotopic (exact) mass is 316 g/mol. The van der Waals surface area contributed by atoms with Crippen molar-refractivity contribution in [1.82, 2.24) is 4.98 Å². The second-order valence-corrected chi connectivity index (χ2v) is 5.03. The molecule has 0 aliphatic carbocycles. The van der Waals surface area contributed by atoms with E-state index in [0.29, 0.717) is 17.3 Å². The predicted molar refractivity (Wildman–Crippen MR) is 82.7 cm³/mol. The summed E-state index contributed by atoms with van der Waals surface area (Å²) in [6, 6.07) is 8.03. The molecule has 120 valence electrons. The highest BCUT2D eigenvalue weighted by molar-refractivity contribution is 5.94. The number of methoxy groups -OCH3 is 1. The quantitative estimate of drug-likeness (QED) is 0.886. The molecule has 2 aromatic rings. The van der Waals surface area contributed by atoms with Gasteiger partial charge < -0.3 is 24.6 Å². The van der Waals surface area contributed by atoms with Crippen LogP contribution in [0.3, 0.4) is 0 Å². The predicted octanol–water partition coefficient (Wildman–Crippen LogP) is 1.68. The van der Waals surface area contributed by atoms with Gasteiger partial charge in [0.05, 0.1) is 31.6 Å². The lowest BCUT2D eigenvalue weighted by Gasteiger charge is -2.37. The first-order valence-electron chi connectivity index (χ1n) is 7.05. The van der Waals surface area contributed by atoms with Crippen LogP contribution in [0.15, 0.2) is 36.5 Å². The molecule has 0 amide bonds. The van der Waals surface area contributed by atoms with Gasteiger partial charge in [0, 0.05) is 0 Å². The molecule has 7 heteroatoms. The second kappa shape index (κ2) is 6.13. The Bertz CT molecular complexity index is 717. The third-order valence-electron chi connectivity index (χ3n) is 3.68. The number of anilines is 2. The number of fused-ring (bicyclic) bond motifs is 1. The largest absolute Gasteiger partial charge is 0.495 e. The molecule has 0 saturated carbocycles. The summed E-state index contributed by atoms with van der Waals surface area (Å²) in [5.74, 6) is 0.410. The van der Waals surface area contributed by atoms with Crippen LogP contribution in [0.1, 0.15) is 10.4 Å². The minimum Gasteiger partial charge on any atom is -0.495 e. The Morgan fingerprint density at radius 3 is 2.87 bits per heavy atom. The number of carboxylic acid groups (broad SMARTS) is 1. The molecule has 0 radical (unpaired) electrons. The highest BCUT2D eigenvalue weighted by atomic mass is 16.5. The van der Waals surface area contributed by atoms with Gasteiger partial charge in [0.15, 0.2) is 5.75 Å². The molecule has 1 atom stereocenters. The van der Waals surface area contributed by atoms with Crippen molar-refractivity contribution < 1.29 is 24.5 Å². The van der Waals surface area contributed by atoms with Crippen LogP contribution < -0.4 is 14.4 Å². The van der Waals surface area contributed by atoms with Gasteiger partial charge in [-0.1, -0.05) is 6.07 Å². The van der Waals surface area contributed by atoms with Crippen LogP contribution >= 0.6 is 0 Å². The summed E-state index contributed by atoms with van der Waals surface area (Å²) in [7, 11) is 1.55. The van der Waals surface area contributed by atoms with Crippen LogP contribution in [0.4, 0.5) is 11.5 Å². The van der Waals surface area contributed by atoms with Crippen molar-refractivity contribution >= 4 is 17.5 Å². The third-order valence-corrected chi connectivity index (χ3v) is 3.68. The average molecular weight is 316 g/mol. The second-order valence-electron chi connectivity index (χ2n) is 5.03. The van der Waals surface area contributed by atoms with Crippen molar-refractivity contribution in [1.29, 1.82) is 0 Å². The maximum absolute atomic E-state index is 11.4. The van der Waals surface area contributed by atoms with Crippen molar-refractivity contribution in [2.45, 2.75) is 6.04 Å². The summed E-state index contributed by atoms with van der Waals surface area (Å²) in [6.45, 7) is 0.0198. The van der Waals surface area contributed by atoms with E-state index in [-0.39, 0.29) is 30.6 Å². The molecule has 0 fully saturated rings. The number of aliphatic hydroxyl groups is 1. The fourth-order valence-corrected chi connectivity index (χ4v) is 2.57. The van der Waals surface area contributed by atoms with Crippen LogP contribution in [0.5, 0.6) is 11.5 Å². The fraction of sp³-hybridized carbons (Fsp3) is 0.250. The van der Waals surface area contributed by atoms with E-state index in [2.05, 4.69) is 4.98 Å². The van der Waals surface area contributed by atoms with Gasteiger partial charge in [0.25, 0.3) is 0 Å². The molecule has 0 unspecified atom stereocenters. The number of hydrogen-bond acceptors (Lipinski definition) is 6. The first kappa shape index (κ1) is 15.1. The molecule has 1 aliphatic rings. The Kier molecular flexibility index (Phi) is 4.03. The summed E-state index contributed by atoms with van der Waals surface area (Å²) in [4.78, 5) is 17.5. The summed E-state index contributed by atoms with van der Waals surface area (Å²) >= 11 is 0. The van der Waals surface area contributed by atoms with Crippen molar-refractivity contribution in [2.75, 3.05) is 25.2 Å². The number of benzene rings is 1. The first-order chi connectivity index (χ1) is 11.2. The summed E-state index contributed by atoms with van der Waals surface area (Å²) < 4.78 is 10.7. The van der Waals surface area contributed by atoms with Crippen molar-refractivity contribution in [3.63, 3.8) is 0 Å². The number of aliphatic hydroxyl groups excluding tert-OH is 1. The van der Waals surface area contributed by atoms with Gasteiger partial charge >= 0.3 is 5.97 Å². The molecule has 2 heterocycles. The number of aromatic nitrogens is 1. The van der Waals surface area contributed by atoms with Gasteiger partial charge in [-0.25, -0.2) is 9.78 Å². The molecular formula is C16H16N2O5. The van der Waals surface area contributed by atoms with Gasteiger partial charge in [-0.3, -0.25) is 0 Å². The maximum Gasteiger partial charge on any atom is 0.339 e. The summed E-state index contributed by atoms with van der Waals surface area (Å²) in [6.07, 6.45) is 1.57. The highest BCUT2D eigenvalue weighted by Gasteiger charge is 2.32. The van der Waals surface area contributed by atoms with Gasteiger partial charge in [0.2, 0.25) is 0 Å². The number of hydrogen-bond donors (Lipinski definition) is 2. The lowest BCUT2D eigenvalue weighted by atomic mass is 10.1. The van der Waals surface area contributed by atoms with E-state index in [1.54, 1.807) is 42.5 Å². The van der Waals surface area contributed by atoms with Gasteiger partial charge in [0.1, 0.15) is 23.7 Å². The summed E-state index contributed by atoms with van der Waals surface area (Å²) in [5.41, 5.74) is 0.644. The zero-order chi connectivity index (χ0) is 16.4. The van der Waals surface area contributed by atoms with Crippen molar-refractivity contribution in [3.8, 4) is 11.5 Å². The maximum atomic E-state index is 11.4. The van der Waals surface area contributed by atoms with E-state index in [1.807, 2.05) is 0 Å². The van der Waals surface area contributed by atoms with Crippen molar-refractivity contribution in [2.24, 2.45) is 0 Å². The average Bonchev–Trinajstić information content (AvgIpc) is 2.60. The number of aromatic carboxylic acids is 1. The molecular weight excluding hydrogens is 300 g/mol. The molecule has 1 aliphatic heterocycles. The number of pyridine rings is 1. The van der Waals surface area contributed by atoms with Crippen LogP contribution in [0, 0.1) is 0 Å². The molecule has 7 nitrogen and oxygen atoms in total. The number of nitrogens with zero attached hydrogens (tertiary/aromatic N) is 2. The fourth-order valence-electron chi connectivity index (χ4n) is 2.57. The third kappa shape index (κ3) is 2.66. The minimum atomic E-state index is -1.06. The molecule has 0 bridgehead atoms. The zero-order valence-corrected chi connectivity index (χ0v) is 12.5. The van der Waals surface area contributed by atoms with E-state index in [4.69, 9.17) is 9.47 Å². The Hall–Kier alpha value is -2.80. The topological polar surface area (TPSA) is 92.1 Å². The Morgan fingerprint density at radius 1 is 1.43 bits per heavy atom. The van der Waals surface area contributed by atoms with E-state index in [1.165, 1.54) is 6.07 Å². The van der Waals surface area contributed by atoms with E-state index >= 15 is 0 Å². The van der Waals surface area contributed by atoms with Crippen LogP contribution in [0.2, 0.25) is 0 Å². The number of carbonyl (C=O) groups is 1. The van der Waals surface area contributed by atoms with Gasteiger partial charge in [-0.2, -0.15) is 0 Å². The zero-order valence-electron chi connectivity index (χ0n) is 12.5. The molecule has 1 aromatic carbocycles. The number of ether oxygens (including phenoxy) is 2.